The van der Waals surface area contributed by atoms with E-state index in [0.717, 1.165) is 23.3 Å². The molecular weight excluding hydrogens is 429 g/mol. The van der Waals surface area contributed by atoms with Crippen LogP contribution in [0.2, 0.25) is 0 Å². The number of halogens is 3. The predicted molar refractivity (Wildman–Crippen MR) is 121 cm³/mol. The first kappa shape index (κ1) is 22.3. The fraction of sp³-hybridized carbons (Fsp3) is 0.154. The van der Waals surface area contributed by atoms with Crippen LogP contribution in [0.15, 0.2) is 72.8 Å². The Hall–Kier alpha value is -3.87. The lowest BCUT2D eigenvalue weighted by molar-refractivity contribution is -0.137. The average Bonchev–Trinajstić information content (AvgIpc) is 2.81. The van der Waals surface area contributed by atoms with Crippen LogP contribution in [-0.2, 0) is 12.7 Å². The first-order valence-electron chi connectivity index (χ1n) is 10.2. The lowest BCUT2D eigenvalue weighted by Crippen LogP contribution is -2.23. The summed E-state index contributed by atoms with van der Waals surface area (Å²) in [6.07, 6.45) is -4.44. The summed E-state index contributed by atoms with van der Waals surface area (Å²) in [6.45, 7) is 1.88. The van der Waals surface area contributed by atoms with E-state index in [1.54, 1.807) is 19.2 Å². The molecule has 4 aromatic rings. The van der Waals surface area contributed by atoms with Gasteiger partial charge in [0.15, 0.2) is 0 Å². The van der Waals surface area contributed by atoms with Gasteiger partial charge in [-0.05, 0) is 55.0 Å². The second kappa shape index (κ2) is 8.94. The minimum atomic E-state index is -4.44. The third-order valence-electron chi connectivity index (χ3n) is 5.28. The zero-order valence-electron chi connectivity index (χ0n) is 18.0. The molecular formula is C26H21F3N2O2. The average molecular weight is 450 g/mol. The topological polar surface area (TPSA) is 51.2 Å². The van der Waals surface area contributed by atoms with E-state index in [1.807, 2.05) is 49.4 Å². The van der Waals surface area contributed by atoms with Crippen molar-refractivity contribution >= 4 is 16.8 Å². The number of aromatic nitrogens is 1. The van der Waals surface area contributed by atoms with E-state index in [-0.39, 0.29) is 6.54 Å². The van der Waals surface area contributed by atoms with Crippen LogP contribution < -0.4 is 10.1 Å². The van der Waals surface area contributed by atoms with E-state index in [1.165, 1.54) is 6.07 Å². The molecule has 0 saturated heterocycles. The number of methoxy groups -OCH3 is 1. The summed E-state index contributed by atoms with van der Waals surface area (Å²) in [5.41, 5.74) is 2.99. The van der Waals surface area contributed by atoms with Gasteiger partial charge in [-0.1, -0.05) is 35.9 Å². The van der Waals surface area contributed by atoms with Gasteiger partial charge in [0, 0.05) is 17.5 Å². The van der Waals surface area contributed by atoms with E-state index in [9.17, 15) is 18.0 Å². The maximum absolute atomic E-state index is 13.1. The Morgan fingerprint density at radius 1 is 1.00 bits per heavy atom. The van der Waals surface area contributed by atoms with Crippen molar-refractivity contribution < 1.29 is 22.7 Å². The van der Waals surface area contributed by atoms with Crippen LogP contribution in [0.3, 0.4) is 0 Å². The van der Waals surface area contributed by atoms with Gasteiger partial charge in [0.25, 0.3) is 5.91 Å². The van der Waals surface area contributed by atoms with Crippen molar-refractivity contribution in [2.75, 3.05) is 7.11 Å². The minimum Gasteiger partial charge on any atom is -0.497 e. The summed E-state index contributed by atoms with van der Waals surface area (Å²) in [5, 5.41) is 3.42. The molecule has 1 N–H and O–H groups in total. The standard InChI is InChI=1S/C26H21F3N2O2/c1-16-9-10-23-21(11-16)22(14-24(31-23)18-6-4-8-20(13-18)33-2)25(32)30-15-17-5-3-7-19(12-17)26(27,28)29/h3-14H,15H2,1-2H3,(H,30,32). The fourth-order valence-corrected chi connectivity index (χ4v) is 3.59. The highest BCUT2D eigenvalue weighted by atomic mass is 19.4. The number of rotatable bonds is 5. The number of aryl methyl sites for hydroxylation is 1. The number of alkyl halides is 3. The van der Waals surface area contributed by atoms with Crippen LogP contribution in [0.1, 0.15) is 27.0 Å². The van der Waals surface area contributed by atoms with Crippen molar-refractivity contribution in [3.05, 3.63) is 95.1 Å². The molecule has 0 spiro atoms. The molecule has 0 aliphatic heterocycles. The van der Waals surface area contributed by atoms with Gasteiger partial charge in [-0.2, -0.15) is 13.2 Å². The molecule has 33 heavy (non-hydrogen) atoms. The number of amides is 1. The first-order chi connectivity index (χ1) is 15.7. The minimum absolute atomic E-state index is 0.0348. The Morgan fingerprint density at radius 3 is 2.55 bits per heavy atom. The quantitative estimate of drug-likeness (QED) is 0.396. The van der Waals surface area contributed by atoms with Gasteiger partial charge in [-0.3, -0.25) is 4.79 Å². The molecule has 0 unspecified atom stereocenters. The first-order valence-corrected chi connectivity index (χ1v) is 10.2. The van der Waals surface area contributed by atoms with Gasteiger partial charge >= 0.3 is 6.18 Å². The normalized spacial score (nSPS) is 11.4. The lowest BCUT2D eigenvalue weighted by atomic mass is 10.0. The molecule has 0 atom stereocenters. The predicted octanol–water partition coefficient (Wildman–Crippen LogP) is 6.17. The summed E-state index contributed by atoms with van der Waals surface area (Å²) in [4.78, 5) is 17.8. The Bertz CT molecular complexity index is 1330. The third-order valence-corrected chi connectivity index (χ3v) is 5.28. The van der Waals surface area contributed by atoms with Crippen LogP contribution in [0.4, 0.5) is 13.2 Å². The molecule has 0 saturated carbocycles. The monoisotopic (exact) mass is 450 g/mol. The maximum Gasteiger partial charge on any atom is 0.416 e. The van der Waals surface area contributed by atoms with Crippen molar-refractivity contribution in [2.45, 2.75) is 19.6 Å². The molecule has 0 fully saturated rings. The molecule has 0 radical (unpaired) electrons. The third kappa shape index (κ3) is 4.98. The second-order valence-corrected chi connectivity index (χ2v) is 7.69. The molecule has 168 valence electrons. The van der Waals surface area contributed by atoms with Gasteiger partial charge in [-0.25, -0.2) is 4.98 Å². The molecule has 0 bridgehead atoms. The molecule has 1 heterocycles. The van der Waals surface area contributed by atoms with E-state index in [0.29, 0.717) is 33.5 Å². The van der Waals surface area contributed by atoms with Gasteiger partial charge in [0.2, 0.25) is 0 Å². The number of hydrogen-bond donors (Lipinski definition) is 1. The summed E-state index contributed by atoms with van der Waals surface area (Å²) >= 11 is 0. The number of ether oxygens (including phenoxy) is 1. The lowest BCUT2D eigenvalue weighted by Gasteiger charge is -2.13. The van der Waals surface area contributed by atoms with E-state index in [4.69, 9.17) is 9.72 Å². The highest BCUT2D eigenvalue weighted by Crippen LogP contribution is 2.30. The number of carbonyl (C=O) groups excluding carboxylic acids is 1. The zero-order valence-corrected chi connectivity index (χ0v) is 18.0. The van der Waals surface area contributed by atoms with E-state index in [2.05, 4.69) is 5.32 Å². The van der Waals surface area contributed by atoms with Crippen molar-refractivity contribution in [3.8, 4) is 17.0 Å². The van der Waals surface area contributed by atoms with Crippen LogP contribution in [0, 0.1) is 6.92 Å². The number of carbonyl (C=O) groups is 1. The van der Waals surface area contributed by atoms with Crippen molar-refractivity contribution in [3.63, 3.8) is 0 Å². The van der Waals surface area contributed by atoms with Crippen LogP contribution >= 0.6 is 0 Å². The van der Waals surface area contributed by atoms with Crippen molar-refractivity contribution in [1.82, 2.24) is 10.3 Å². The summed E-state index contributed by atoms with van der Waals surface area (Å²) in [6, 6.07) is 19.6. The van der Waals surface area contributed by atoms with Crippen molar-refractivity contribution in [2.24, 2.45) is 0 Å². The highest BCUT2D eigenvalue weighted by Gasteiger charge is 2.30. The van der Waals surface area contributed by atoms with Gasteiger partial charge in [0.1, 0.15) is 5.75 Å². The van der Waals surface area contributed by atoms with E-state index < -0.39 is 17.6 Å². The largest absolute Gasteiger partial charge is 0.497 e. The summed E-state index contributed by atoms with van der Waals surface area (Å²) in [5.74, 6) is 0.267. The zero-order chi connectivity index (χ0) is 23.6. The molecule has 4 rings (SSSR count). The Balaban J connectivity index is 1.69. The molecule has 1 aromatic heterocycles. The number of pyridine rings is 1. The van der Waals surface area contributed by atoms with Gasteiger partial charge in [0.05, 0.1) is 29.4 Å². The van der Waals surface area contributed by atoms with Crippen LogP contribution in [-0.4, -0.2) is 18.0 Å². The van der Waals surface area contributed by atoms with Crippen molar-refractivity contribution in [1.29, 1.82) is 0 Å². The fourth-order valence-electron chi connectivity index (χ4n) is 3.59. The Morgan fingerprint density at radius 2 is 1.79 bits per heavy atom. The molecule has 0 aliphatic rings. The molecule has 7 heteroatoms. The molecule has 3 aromatic carbocycles. The number of fused-ring (bicyclic) bond motifs is 1. The summed E-state index contributed by atoms with van der Waals surface area (Å²) < 4.78 is 44.3. The maximum atomic E-state index is 13.1. The second-order valence-electron chi connectivity index (χ2n) is 7.69. The molecule has 0 aliphatic carbocycles. The Kier molecular flexibility index (Phi) is 6.05. The molecule has 1 amide bonds. The molecule has 4 nitrogen and oxygen atoms in total. The van der Waals surface area contributed by atoms with E-state index >= 15 is 0 Å². The number of nitrogens with one attached hydrogen (secondary N) is 1. The van der Waals surface area contributed by atoms with Crippen LogP contribution in [0.5, 0.6) is 5.75 Å². The van der Waals surface area contributed by atoms with Gasteiger partial charge < -0.3 is 10.1 Å². The SMILES string of the molecule is COc1cccc(-c2cc(C(=O)NCc3cccc(C(F)(F)F)c3)c3cc(C)ccc3n2)c1. The number of nitrogens with zero attached hydrogens (tertiary/aromatic N) is 1. The highest BCUT2D eigenvalue weighted by molar-refractivity contribution is 6.07. The van der Waals surface area contributed by atoms with Crippen LogP contribution in [0.25, 0.3) is 22.2 Å². The summed E-state index contributed by atoms with van der Waals surface area (Å²) in [7, 11) is 1.57. The smallest absolute Gasteiger partial charge is 0.416 e. The Labute approximate surface area is 189 Å². The number of hydrogen-bond acceptors (Lipinski definition) is 3. The van der Waals surface area contributed by atoms with Gasteiger partial charge in [-0.15, -0.1) is 0 Å². The number of benzene rings is 3.